The van der Waals surface area contributed by atoms with Crippen molar-refractivity contribution < 1.29 is 24.2 Å². The molecule has 0 radical (unpaired) electrons. The van der Waals surface area contributed by atoms with Crippen LogP contribution < -0.4 is 15.0 Å². The summed E-state index contributed by atoms with van der Waals surface area (Å²) in [7, 11) is 0. The van der Waals surface area contributed by atoms with Crippen molar-refractivity contribution >= 4 is 29.0 Å². The number of nitrogens with zero attached hydrogens (tertiary/aromatic N) is 1. The van der Waals surface area contributed by atoms with Gasteiger partial charge in [-0.15, -0.1) is 0 Å². The molecule has 1 amide bonds. The maximum Gasteiger partial charge on any atom is 0.326 e. The number of para-hydroxylation sites is 1. The van der Waals surface area contributed by atoms with Crippen LogP contribution in [0.1, 0.15) is 40.9 Å². The number of carbonyl (C=O) groups is 3. The Hall–Kier alpha value is -4.91. The zero-order valence-electron chi connectivity index (χ0n) is 24.1. The zero-order chi connectivity index (χ0) is 30.1. The number of carboxylic acid groups (broad SMARTS) is 1. The van der Waals surface area contributed by atoms with Crippen molar-refractivity contribution in [3.63, 3.8) is 0 Å². The number of rotatable bonds is 13. The summed E-state index contributed by atoms with van der Waals surface area (Å²) >= 11 is 0. The molecule has 0 aliphatic rings. The fourth-order valence-corrected chi connectivity index (χ4v) is 4.55. The lowest BCUT2D eigenvalue weighted by atomic mass is 10.00. The molecule has 1 atom stereocenters. The van der Waals surface area contributed by atoms with E-state index in [1.807, 2.05) is 63.2 Å². The minimum absolute atomic E-state index is 0.0251. The molecule has 0 spiro atoms. The first-order valence-corrected chi connectivity index (χ1v) is 14.0. The Labute approximate surface area is 246 Å². The lowest BCUT2D eigenvalue weighted by Gasteiger charge is -2.25. The van der Waals surface area contributed by atoms with Gasteiger partial charge in [-0.05, 0) is 48.9 Å². The molecule has 216 valence electrons. The number of carbonyl (C=O) groups excluding carboxylic acids is 2. The summed E-state index contributed by atoms with van der Waals surface area (Å²) in [6, 6.07) is 30.0. The van der Waals surface area contributed by atoms with E-state index in [2.05, 4.69) is 5.32 Å². The first-order chi connectivity index (χ1) is 20.2. The van der Waals surface area contributed by atoms with Gasteiger partial charge in [0.25, 0.3) is 0 Å². The number of hydrogen-bond acceptors (Lipinski definition) is 5. The molecule has 0 fully saturated rings. The van der Waals surface area contributed by atoms with E-state index in [0.717, 1.165) is 16.8 Å². The number of aryl methyl sites for hydroxylation is 1. The van der Waals surface area contributed by atoms with E-state index >= 15 is 0 Å². The van der Waals surface area contributed by atoms with Gasteiger partial charge in [0.05, 0.1) is 6.54 Å². The van der Waals surface area contributed by atoms with Crippen molar-refractivity contribution in [2.75, 3.05) is 23.4 Å². The Bertz CT molecular complexity index is 1500. The fourth-order valence-electron chi connectivity index (χ4n) is 4.55. The molecule has 0 saturated heterocycles. The second-order valence-electron chi connectivity index (χ2n) is 10.5. The van der Waals surface area contributed by atoms with Gasteiger partial charge in [-0.1, -0.05) is 86.1 Å². The number of benzene rings is 4. The molecule has 4 aromatic carbocycles. The van der Waals surface area contributed by atoms with Gasteiger partial charge in [0.2, 0.25) is 5.91 Å². The molecule has 7 nitrogen and oxygen atoms in total. The summed E-state index contributed by atoms with van der Waals surface area (Å²) in [6.45, 7) is 6.46. The summed E-state index contributed by atoms with van der Waals surface area (Å²) in [6.07, 6.45) is 0.202. The highest BCUT2D eigenvalue weighted by molar-refractivity contribution is 6.12. The maximum absolute atomic E-state index is 13.1. The Morgan fingerprint density at radius 3 is 2.12 bits per heavy atom. The van der Waals surface area contributed by atoms with Crippen LogP contribution in [0.15, 0.2) is 103 Å². The summed E-state index contributed by atoms with van der Waals surface area (Å²) in [4.78, 5) is 39.8. The predicted molar refractivity (Wildman–Crippen MR) is 165 cm³/mol. The molecule has 4 rings (SSSR count). The molecule has 0 bridgehead atoms. The second-order valence-corrected chi connectivity index (χ2v) is 10.5. The average Bonchev–Trinajstić information content (AvgIpc) is 3.00. The number of carboxylic acids is 1. The van der Waals surface area contributed by atoms with E-state index in [1.54, 1.807) is 65.6 Å². The van der Waals surface area contributed by atoms with Crippen molar-refractivity contribution in [3.05, 3.63) is 125 Å². The van der Waals surface area contributed by atoms with Crippen LogP contribution in [0, 0.1) is 12.8 Å². The number of ketones is 1. The summed E-state index contributed by atoms with van der Waals surface area (Å²) < 4.78 is 5.94. The van der Waals surface area contributed by atoms with Crippen LogP contribution in [0.3, 0.4) is 0 Å². The second kappa shape index (κ2) is 14.1. The first kappa shape index (κ1) is 30.1. The minimum Gasteiger partial charge on any atom is -0.492 e. The van der Waals surface area contributed by atoms with E-state index in [9.17, 15) is 19.5 Å². The Morgan fingerprint density at radius 2 is 1.48 bits per heavy atom. The highest BCUT2D eigenvalue weighted by atomic mass is 16.5. The van der Waals surface area contributed by atoms with Gasteiger partial charge in [0.15, 0.2) is 5.78 Å². The topological polar surface area (TPSA) is 95.9 Å². The van der Waals surface area contributed by atoms with E-state index in [0.29, 0.717) is 35.7 Å². The molecule has 0 aliphatic carbocycles. The molecule has 4 aromatic rings. The number of ether oxygens (including phenoxy) is 1. The van der Waals surface area contributed by atoms with Crippen LogP contribution in [0.25, 0.3) is 0 Å². The maximum atomic E-state index is 13.1. The van der Waals surface area contributed by atoms with Gasteiger partial charge in [-0.25, -0.2) is 4.79 Å². The Balaban J connectivity index is 1.39. The van der Waals surface area contributed by atoms with E-state index < -0.39 is 12.0 Å². The number of anilines is 2. The molecule has 7 heteroatoms. The number of aliphatic carboxylic acids is 1. The molecule has 1 unspecified atom stereocenters. The van der Waals surface area contributed by atoms with Crippen LogP contribution in [0.4, 0.5) is 11.4 Å². The van der Waals surface area contributed by atoms with Gasteiger partial charge >= 0.3 is 5.97 Å². The highest BCUT2D eigenvalue weighted by Gasteiger charge is 2.22. The summed E-state index contributed by atoms with van der Waals surface area (Å²) in [5.74, 6) is -0.705. The minimum atomic E-state index is -1.02. The third-order valence-electron chi connectivity index (χ3n) is 6.89. The number of nitrogens with one attached hydrogen (secondary N) is 1. The van der Waals surface area contributed by atoms with Gasteiger partial charge in [-0.2, -0.15) is 0 Å². The largest absolute Gasteiger partial charge is 0.492 e. The third kappa shape index (κ3) is 7.85. The van der Waals surface area contributed by atoms with Crippen LogP contribution in [0.2, 0.25) is 0 Å². The molecule has 0 heterocycles. The number of amides is 1. The fraction of sp³-hybridized carbons (Fsp3) is 0.229. The summed E-state index contributed by atoms with van der Waals surface area (Å²) in [5, 5.41) is 13.0. The van der Waals surface area contributed by atoms with Crippen molar-refractivity contribution in [2.24, 2.45) is 5.92 Å². The highest BCUT2D eigenvalue weighted by Crippen LogP contribution is 2.22. The van der Waals surface area contributed by atoms with Crippen molar-refractivity contribution in [3.8, 4) is 5.75 Å². The standard InChI is InChI=1S/C35H36N2O5/c1-24(2)34(39)37(28-17-13-25(3)14-18-28)21-22-42-29-19-15-26(16-20-29)23-32(35(40)41)36-31-12-8-7-11-30(31)33(38)27-9-5-4-6-10-27/h4-20,24,32,36H,21-23H2,1-3H3,(H,40,41). The van der Waals surface area contributed by atoms with Crippen molar-refractivity contribution in [1.82, 2.24) is 0 Å². The summed E-state index contributed by atoms with van der Waals surface area (Å²) in [5.41, 5.74) is 4.16. The van der Waals surface area contributed by atoms with Crippen molar-refractivity contribution in [2.45, 2.75) is 33.2 Å². The monoisotopic (exact) mass is 564 g/mol. The number of hydrogen-bond donors (Lipinski definition) is 2. The molecule has 0 aliphatic heterocycles. The zero-order valence-corrected chi connectivity index (χ0v) is 24.1. The molecule has 0 aromatic heterocycles. The van der Waals surface area contributed by atoms with Crippen LogP contribution in [-0.2, 0) is 16.0 Å². The smallest absolute Gasteiger partial charge is 0.326 e. The van der Waals surface area contributed by atoms with Crippen LogP contribution in [-0.4, -0.2) is 42.0 Å². The Morgan fingerprint density at radius 1 is 0.833 bits per heavy atom. The SMILES string of the molecule is Cc1ccc(N(CCOc2ccc(CC(Nc3ccccc3C(=O)c3ccccc3)C(=O)O)cc2)C(=O)C(C)C)cc1. The molecule has 2 N–H and O–H groups in total. The van der Waals surface area contributed by atoms with Gasteiger partial charge in [0.1, 0.15) is 18.4 Å². The molecular formula is C35H36N2O5. The predicted octanol–water partition coefficient (Wildman–Crippen LogP) is 6.40. The quantitative estimate of drug-likeness (QED) is 0.182. The average molecular weight is 565 g/mol. The van der Waals surface area contributed by atoms with Crippen LogP contribution in [0.5, 0.6) is 5.75 Å². The lowest BCUT2D eigenvalue weighted by molar-refractivity contribution is -0.137. The van der Waals surface area contributed by atoms with E-state index in [-0.39, 0.29) is 24.0 Å². The normalized spacial score (nSPS) is 11.5. The molecule has 42 heavy (non-hydrogen) atoms. The van der Waals surface area contributed by atoms with Crippen LogP contribution >= 0.6 is 0 Å². The van der Waals surface area contributed by atoms with Gasteiger partial charge in [0, 0.05) is 34.8 Å². The van der Waals surface area contributed by atoms with Gasteiger partial charge < -0.3 is 20.1 Å². The van der Waals surface area contributed by atoms with E-state index in [4.69, 9.17) is 4.74 Å². The molecular weight excluding hydrogens is 528 g/mol. The van der Waals surface area contributed by atoms with E-state index in [1.165, 1.54) is 0 Å². The van der Waals surface area contributed by atoms with Gasteiger partial charge in [-0.3, -0.25) is 9.59 Å². The van der Waals surface area contributed by atoms with Crippen molar-refractivity contribution in [1.29, 1.82) is 0 Å². The lowest BCUT2D eigenvalue weighted by Crippen LogP contribution is -2.37. The Kier molecular flexibility index (Phi) is 10.1. The first-order valence-electron chi connectivity index (χ1n) is 14.0. The molecule has 0 saturated carbocycles. The third-order valence-corrected chi connectivity index (χ3v) is 6.89.